The van der Waals surface area contributed by atoms with Crippen molar-refractivity contribution < 1.29 is 0 Å². The van der Waals surface area contributed by atoms with Crippen LogP contribution in [0.25, 0.3) is 10.9 Å². The second-order valence-electron chi connectivity index (χ2n) is 2.86. The van der Waals surface area contributed by atoms with Gasteiger partial charge in [0.1, 0.15) is 5.82 Å². The van der Waals surface area contributed by atoms with Crippen LogP contribution in [0.1, 0.15) is 5.56 Å². The summed E-state index contributed by atoms with van der Waals surface area (Å²) in [5, 5.41) is 1.16. The van der Waals surface area contributed by atoms with Gasteiger partial charge in [0.25, 0.3) is 0 Å². The number of alkyl halides is 1. The van der Waals surface area contributed by atoms with E-state index in [1.54, 1.807) is 0 Å². The van der Waals surface area contributed by atoms with E-state index in [1.807, 2.05) is 18.2 Å². The molecule has 66 valence electrons. The molecule has 0 spiro atoms. The Hall–Kier alpha value is -0.840. The van der Waals surface area contributed by atoms with Gasteiger partial charge in [0.05, 0.1) is 5.52 Å². The van der Waals surface area contributed by atoms with Crippen molar-refractivity contribution in [1.29, 1.82) is 0 Å². The van der Waals surface area contributed by atoms with Crippen molar-refractivity contribution in [3.63, 3.8) is 0 Å². The average molecular weight is 284 g/mol. The van der Waals surface area contributed by atoms with Crippen LogP contribution in [0, 0.1) is 0 Å². The van der Waals surface area contributed by atoms with Crippen molar-refractivity contribution in [3.05, 3.63) is 35.9 Å². The molecule has 3 heteroatoms. The predicted octanol–water partition coefficient (Wildman–Crippen LogP) is 2.75. The van der Waals surface area contributed by atoms with Crippen LogP contribution in [0.2, 0.25) is 0 Å². The van der Waals surface area contributed by atoms with Gasteiger partial charge in [-0.3, -0.25) is 0 Å². The molecule has 2 rings (SSSR count). The molecule has 0 saturated heterocycles. The maximum atomic E-state index is 5.78. The van der Waals surface area contributed by atoms with Crippen molar-refractivity contribution in [3.8, 4) is 0 Å². The van der Waals surface area contributed by atoms with E-state index in [0.717, 1.165) is 20.9 Å². The van der Waals surface area contributed by atoms with Gasteiger partial charge in [-0.05, 0) is 12.1 Å². The van der Waals surface area contributed by atoms with E-state index >= 15 is 0 Å². The molecular formula is C10H9IN2. The van der Waals surface area contributed by atoms with Crippen LogP contribution < -0.4 is 5.73 Å². The third kappa shape index (κ3) is 1.60. The highest BCUT2D eigenvalue weighted by atomic mass is 127. The zero-order valence-corrected chi connectivity index (χ0v) is 9.15. The van der Waals surface area contributed by atoms with Crippen LogP contribution in [0.4, 0.5) is 5.82 Å². The molecule has 1 aromatic heterocycles. The number of benzene rings is 1. The second kappa shape index (κ2) is 3.49. The zero-order valence-electron chi connectivity index (χ0n) is 7.00. The fraction of sp³-hybridized carbons (Fsp3) is 0.100. The molecule has 0 aliphatic carbocycles. The van der Waals surface area contributed by atoms with Gasteiger partial charge in [-0.25, -0.2) is 4.98 Å². The summed E-state index contributed by atoms with van der Waals surface area (Å²) in [6.45, 7) is 0. The second-order valence-corrected chi connectivity index (χ2v) is 3.62. The van der Waals surface area contributed by atoms with E-state index in [-0.39, 0.29) is 0 Å². The van der Waals surface area contributed by atoms with E-state index < -0.39 is 0 Å². The number of halogens is 1. The summed E-state index contributed by atoms with van der Waals surface area (Å²) >= 11 is 2.29. The van der Waals surface area contributed by atoms with Crippen molar-refractivity contribution in [2.45, 2.75) is 4.43 Å². The van der Waals surface area contributed by atoms with Gasteiger partial charge in [-0.2, -0.15) is 0 Å². The minimum atomic E-state index is 0.646. The van der Waals surface area contributed by atoms with Gasteiger partial charge in [-0.1, -0.05) is 40.8 Å². The number of nitrogens with two attached hydrogens (primary N) is 1. The lowest BCUT2D eigenvalue weighted by Crippen LogP contribution is -1.95. The minimum Gasteiger partial charge on any atom is -0.383 e. The highest BCUT2D eigenvalue weighted by Crippen LogP contribution is 2.19. The molecule has 13 heavy (non-hydrogen) atoms. The molecular weight excluding hydrogens is 275 g/mol. The monoisotopic (exact) mass is 284 g/mol. The molecule has 0 fully saturated rings. The molecule has 0 aliphatic rings. The molecule has 2 N–H and O–H groups in total. The van der Waals surface area contributed by atoms with E-state index in [1.165, 1.54) is 0 Å². The van der Waals surface area contributed by atoms with E-state index in [2.05, 4.69) is 39.7 Å². The highest BCUT2D eigenvalue weighted by Gasteiger charge is 2.01. The van der Waals surface area contributed by atoms with Gasteiger partial charge < -0.3 is 5.73 Å². The van der Waals surface area contributed by atoms with Crippen LogP contribution in [-0.4, -0.2) is 4.98 Å². The Morgan fingerprint density at radius 3 is 2.85 bits per heavy atom. The molecule has 0 amide bonds. The first-order valence-corrected chi connectivity index (χ1v) is 5.54. The smallest absolute Gasteiger partial charge is 0.128 e. The summed E-state index contributed by atoms with van der Waals surface area (Å²) in [4.78, 5) is 4.32. The Balaban J connectivity index is 2.74. The normalized spacial score (nSPS) is 10.5. The van der Waals surface area contributed by atoms with E-state index in [9.17, 15) is 0 Å². The molecule has 0 aliphatic heterocycles. The van der Waals surface area contributed by atoms with E-state index in [4.69, 9.17) is 5.73 Å². The van der Waals surface area contributed by atoms with Gasteiger partial charge in [0.2, 0.25) is 0 Å². The Kier molecular flexibility index (Phi) is 2.35. The van der Waals surface area contributed by atoms with Crippen LogP contribution in [0.15, 0.2) is 30.3 Å². The molecule has 0 bridgehead atoms. The minimum absolute atomic E-state index is 0.646. The summed E-state index contributed by atoms with van der Waals surface area (Å²) in [5.41, 5.74) is 7.86. The average Bonchev–Trinajstić information content (AvgIpc) is 2.17. The van der Waals surface area contributed by atoms with Crippen LogP contribution >= 0.6 is 22.6 Å². The number of rotatable bonds is 1. The van der Waals surface area contributed by atoms with Gasteiger partial charge >= 0.3 is 0 Å². The third-order valence-electron chi connectivity index (χ3n) is 1.98. The first-order valence-electron chi connectivity index (χ1n) is 4.01. The van der Waals surface area contributed by atoms with Gasteiger partial charge in [-0.15, -0.1) is 0 Å². The number of hydrogen-bond acceptors (Lipinski definition) is 2. The number of nitrogen functional groups attached to an aromatic ring is 1. The Morgan fingerprint density at radius 1 is 1.31 bits per heavy atom. The lowest BCUT2D eigenvalue weighted by atomic mass is 10.1. The fourth-order valence-corrected chi connectivity index (χ4v) is 1.89. The first-order chi connectivity index (χ1) is 6.31. The van der Waals surface area contributed by atoms with Crippen LogP contribution in [0.5, 0.6) is 0 Å². The van der Waals surface area contributed by atoms with Gasteiger partial charge in [0.15, 0.2) is 0 Å². The zero-order chi connectivity index (χ0) is 9.26. The molecule has 2 aromatic rings. The fourth-order valence-electron chi connectivity index (χ4n) is 1.28. The number of hydrogen-bond donors (Lipinski definition) is 1. The Bertz CT molecular complexity index is 440. The van der Waals surface area contributed by atoms with Crippen molar-refractivity contribution >= 4 is 39.3 Å². The SMILES string of the molecule is Nc1nc2ccccc2cc1CI. The van der Waals surface area contributed by atoms with Crippen molar-refractivity contribution in [2.75, 3.05) is 5.73 Å². The topological polar surface area (TPSA) is 38.9 Å². The lowest BCUT2D eigenvalue weighted by Gasteiger charge is -2.03. The maximum absolute atomic E-state index is 5.78. The molecule has 1 heterocycles. The highest BCUT2D eigenvalue weighted by molar-refractivity contribution is 14.1. The van der Waals surface area contributed by atoms with Crippen molar-refractivity contribution in [2.24, 2.45) is 0 Å². The first kappa shape index (κ1) is 8.74. The number of pyridine rings is 1. The molecule has 0 radical (unpaired) electrons. The van der Waals surface area contributed by atoms with E-state index in [0.29, 0.717) is 5.82 Å². The summed E-state index contributed by atoms with van der Waals surface area (Å²) < 4.78 is 0.904. The van der Waals surface area contributed by atoms with Crippen LogP contribution in [0.3, 0.4) is 0 Å². The summed E-state index contributed by atoms with van der Waals surface area (Å²) in [6.07, 6.45) is 0. The number of para-hydroxylation sites is 1. The van der Waals surface area contributed by atoms with Crippen LogP contribution in [-0.2, 0) is 4.43 Å². The molecule has 0 unspecified atom stereocenters. The number of fused-ring (bicyclic) bond motifs is 1. The number of nitrogens with zero attached hydrogens (tertiary/aromatic N) is 1. The summed E-state index contributed by atoms with van der Waals surface area (Å²) in [7, 11) is 0. The molecule has 2 nitrogen and oxygen atoms in total. The third-order valence-corrected chi connectivity index (χ3v) is 2.80. The number of aromatic nitrogens is 1. The summed E-state index contributed by atoms with van der Waals surface area (Å²) in [5.74, 6) is 0.646. The number of anilines is 1. The molecule has 0 atom stereocenters. The Morgan fingerprint density at radius 2 is 2.08 bits per heavy atom. The molecule has 0 saturated carbocycles. The van der Waals surface area contributed by atoms with Crippen molar-refractivity contribution in [1.82, 2.24) is 4.98 Å². The lowest BCUT2D eigenvalue weighted by molar-refractivity contribution is 1.33. The Labute approximate surface area is 90.3 Å². The quantitative estimate of drug-likeness (QED) is 0.646. The summed E-state index contributed by atoms with van der Waals surface area (Å²) in [6, 6.07) is 10.1. The molecule has 1 aromatic carbocycles. The maximum Gasteiger partial charge on any atom is 0.128 e. The largest absolute Gasteiger partial charge is 0.383 e. The van der Waals surface area contributed by atoms with Gasteiger partial charge in [0, 0.05) is 15.4 Å². The predicted molar refractivity (Wildman–Crippen MR) is 63.9 cm³/mol. The standard InChI is InChI=1S/C10H9IN2/c11-6-8-5-7-3-1-2-4-9(7)13-10(8)12/h1-5H,6H2,(H2,12,13).